The van der Waals surface area contributed by atoms with Crippen molar-refractivity contribution in [2.75, 3.05) is 20.0 Å². The molecule has 0 aliphatic heterocycles. The first kappa shape index (κ1) is 42.0. The minimum absolute atomic E-state index is 1.04. The van der Waals surface area contributed by atoms with Crippen LogP contribution in [0.5, 0.6) is 0 Å². The zero-order chi connectivity index (χ0) is 46.6. The summed E-state index contributed by atoms with van der Waals surface area (Å²) in [4.78, 5) is 7.02. The molecule has 0 unspecified atom stereocenters. The highest BCUT2D eigenvalue weighted by Crippen LogP contribution is 2.43. The van der Waals surface area contributed by atoms with E-state index in [2.05, 4.69) is 299 Å². The summed E-state index contributed by atoms with van der Waals surface area (Å²) in [5.74, 6) is 0. The van der Waals surface area contributed by atoms with Crippen molar-refractivity contribution in [3.05, 3.63) is 285 Å². The van der Waals surface area contributed by atoms with Gasteiger partial charge in [0, 0.05) is 68.1 Å². The predicted octanol–water partition coefficient (Wildman–Crippen LogP) is 19.0. The van der Waals surface area contributed by atoms with Crippen LogP contribution in [0.2, 0.25) is 0 Å². The molecule has 0 aromatic heterocycles. The Bertz CT molecular complexity index is 3560. The fraction of sp³-hybridized carbons (Fsp3) is 0. The quantitative estimate of drug-likeness (QED) is 0.132. The van der Waals surface area contributed by atoms with Gasteiger partial charge in [-0.25, -0.2) is 0 Å². The molecule has 70 heavy (non-hydrogen) atoms. The van der Waals surface area contributed by atoms with Gasteiger partial charge in [-0.3, -0.25) is 0 Å². The molecule has 0 bridgehead atoms. The first-order valence-electron chi connectivity index (χ1n) is 23.8. The summed E-state index contributed by atoms with van der Waals surface area (Å²) in [5.41, 5.74) is 14.0. The van der Waals surface area contributed by atoms with Crippen molar-refractivity contribution < 1.29 is 0 Å². The van der Waals surface area contributed by atoms with Crippen LogP contribution >= 0.6 is 0 Å². The highest BCUT2D eigenvalue weighted by Gasteiger charge is 2.19. The van der Waals surface area contributed by atoms with Gasteiger partial charge in [0.15, 0.2) is 0 Å². The fourth-order valence-electron chi connectivity index (χ4n) is 9.68. The van der Waals surface area contributed by atoms with Crippen LogP contribution in [-0.4, -0.2) is 0 Å². The smallest absolute Gasteiger partial charge is 0.0470 e. The van der Waals surface area contributed by atoms with Crippen molar-refractivity contribution >= 4 is 94.9 Å². The van der Waals surface area contributed by atoms with Gasteiger partial charge in [0.25, 0.3) is 0 Å². The third kappa shape index (κ3) is 8.47. The molecule has 0 spiro atoms. The van der Waals surface area contributed by atoms with Gasteiger partial charge in [-0.05, 0) is 171 Å². The number of nitrogens with zero attached hydrogens (tertiary/aromatic N) is 3. The summed E-state index contributed by atoms with van der Waals surface area (Å²) >= 11 is 0. The lowest BCUT2D eigenvalue weighted by Crippen LogP contribution is -2.13. The molecule has 0 amide bonds. The Kier molecular flexibility index (Phi) is 11.2. The van der Waals surface area contributed by atoms with Gasteiger partial charge in [0.05, 0.1) is 0 Å². The zero-order valence-corrected chi connectivity index (χ0v) is 38.5. The Balaban J connectivity index is 0.958. The van der Waals surface area contributed by atoms with Crippen LogP contribution in [0, 0.1) is 0 Å². The molecule has 0 aliphatic carbocycles. The second-order valence-corrected chi connectivity index (χ2v) is 17.6. The van der Waals surface area contributed by atoms with Gasteiger partial charge >= 0.3 is 0 Å². The van der Waals surface area contributed by atoms with E-state index in [9.17, 15) is 0 Å². The maximum atomic E-state index is 3.73. The van der Waals surface area contributed by atoms with Crippen LogP contribution < -0.4 is 20.0 Å². The third-order valence-corrected chi connectivity index (χ3v) is 13.1. The molecule has 0 saturated heterocycles. The summed E-state index contributed by atoms with van der Waals surface area (Å²) < 4.78 is 0. The Labute approximate surface area is 409 Å². The normalized spacial score (nSPS) is 11.1. The summed E-state index contributed by atoms with van der Waals surface area (Å²) in [6.07, 6.45) is 0. The molecule has 12 rings (SSSR count). The van der Waals surface area contributed by atoms with Crippen molar-refractivity contribution in [3.63, 3.8) is 0 Å². The molecule has 12 aromatic rings. The van der Waals surface area contributed by atoms with Crippen LogP contribution in [0.25, 0.3) is 43.4 Å². The number of hydrogen-bond donors (Lipinski definition) is 1. The summed E-state index contributed by atoms with van der Waals surface area (Å²) in [6.45, 7) is 0. The number of benzene rings is 12. The van der Waals surface area contributed by atoms with Crippen LogP contribution in [0.1, 0.15) is 0 Å². The Hall–Kier alpha value is -9.38. The number of fused-ring (bicyclic) bond motifs is 3. The van der Waals surface area contributed by atoms with E-state index in [4.69, 9.17) is 0 Å². The molecule has 332 valence electrons. The molecule has 1 N–H and O–H groups in total. The first-order chi connectivity index (χ1) is 34.7. The first-order valence-corrected chi connectivity index (χ1v) is 23.8. The van der Waals surface area contributed by atoms with Crippen molar-refractivity contribution in [1.82, 2.24) is 0 Å². The Morgan fingerprint density at radius 1 is 0.214 bits per heavy atom. The zero-order valence-electron chi connectivity index (χ0n) is 38.5. The molecular formula is C66H48N4. The van der Waals surface area contributed by atoms with Crippen molar-refractivity contribution in [1.29, 1.82) is 0 Å². The maximum absolute atomic E-state index is 3.73. The summed E-state index contributed by atoms with van der Waals surface area (Å²) in [5, 5.41) is 11.0. The SMILES string of the molecule is c1ccc(Nc2cc3ccccc3cc2-c2ccc(N(c3ccc(N(c4ccccc4)c4ccc5ccccc5c4)cc3)c3ccc(N(c4ccccc4)c4ccc5ccccc5c4)cc3)cc2)cc1. The summed E-state index contributed by atoms with van der Waals surface area (Å²) in [6, 6.07) is 102. The molecule has 0 saturated carbocycles. The molecule has 0 atom stereocenters. The highest BCUT2D eigenvalue weighted by molar-refractivity contribution is 5.96. The Morgan fingerprint density at radius 3 is 0.943 bits per heavy atom. The number of nitrogens with one attached hydrogen (secondary N) is 1. The van der Waals surface area contributed by atoms with Gasteiger partial charge in [-0.2, -0.15) is 0 Å². The molecule has 0 fully saturated rings. The molecule has 0 heterocycles. The van der Waals surface area contributed by atoms with E-state index in [1.54, 1.807) is 0 Å². The van der Waals surface area contributed by atoms with E-state index in [-0.39, 0.29) is 0 Å². The van der Waals surface area contributed by atoms with E-state index in [0.717, 1.165) is 73.7 Å². The van der Waals surface area contributed by atoms with Gasteiger partial charge in [0.1, 0.15) is 0 Å². The van der Waals surface area contributed by atoms with Gasteiger partial charge in [-0.1, -0.05) is 152 Å². The predicted molar refractivity (Wildman–Crippen MR) is 298 cm³/mol. The lowest BCUT2D eigenvalue weighted by Gasteiger charge is -2.29. The van der Waals surface area contributed by atoms with Gasteiger partial charge in [0.2, 0.25) is 0 Å². The van der Waals surface area contributed by atoms with Crippen molar-refractivity contribution in [2.24, 2.45) is 0 Å². The van der Waals surface area contributed by atoms with E-state index in [1.165, 1.54) is 32.3 Å². The fourth-order valence-corrected chi connectivity index (χ4v) is 9.68. The monoisotopic (exact) mass is 896 g/mol. The van der Waals surface area contributed by atoms with E-state index in [1.807, 2.05) is 6.07 Å². The largest absolute Gasteiger partial charge is 0.355 e. The number of anilines is 11. The van der Waals surface area contributed by atoms with Gasteiger partial charge < -0.3 is 20.0 Å². The number of hydrogen-bond acceptors (Lipinski definition) is 4. The second-order valence-electron chi connectivity index (χ2n) is 17.6. The topological polar surface area (TPSA) is 21.8 Å². The van der Waals surface area contributed by atoms with E-state index < -0.39 is 0 Å². The average Bonchev–Trinajstić information content (AvgIpc) is 3.43. The Morgan fingerprint density at radius 2 is 0.514 bits per heavy atom. The van der Waals surface area contributed by atoms with Crippen LogP contribution in [0.3, 0.4) is 0 Å². The third-order valence-electron chi connectivity index (χ3n) is 13.1. The van der Waals surface area contributed by atoms with Gasteiger partial charge in [-0.15, -0.1) is 0 Å². The second kappa shape index (κ2) is 18.7. The number of rotatable bonds is 12. The average molecular weight is 897 g/mol. The van der Waals surface area contributed by atoms with Crippen LogP contribution in [-0.2, 0) is 0 Å². The van der Waals surface area contributed by atoms with Crippen LogP contribution in [0.15, 0.2) is 285 Å². The highest BCUT2D eigenvalue weighted by atomic mass is 15.2. The summed E-state index contributed by atoms with van der Waals surface area (Å²) in [7, 11) is 0. The number of para-hydroxylation sites is 3. The maximum Gasteiger partial charge on any atom is 0.0470 e. The van der Waals surface area contributed by atoms with Crippen molar-refractivity contribution in [3.8, 4) is 11.1 Å². The lowest BCUT2D eigenvalue weighted by atomic mass is 9.98. The molecule has 0 radical (unpaired) electrons. The molecule has 12 aromatic carbocycles. The van der Waals surface area contributed by atoms with E-state index >= 15 is 0 Å². The molecule has 4 heteroatoms. The minimum atomic E-state index is 1.04. The van der Waals surface area contributed by atoms with Crippen LogP contribution in [0.4, 0.5) is 62.6 Å². The lowest BCUT2D eigenvalue weighted by molar-refractivity contribution is 1.25. The van der Waals surface area contributed by atoms with Crippen molar-refractivity contribution in [2.45, 2.75) is 0 Å². The molecule has 4 nitrogen and oxygen atoms in total. The standard InChI is InChI=1S/C66H48N4/c1-4-22-55(23-5-1)67-66-47-54-21-15-14-20-53(54)46-65(66)50-30-32-58(33-31-50)68(59-36-40-61(41-37-59)69(56-24-6-2-7-25-56)63-34-28-48-16-10-12-18-51(48)44-63)60-38-42-62(43-39-60)70(57-26-8-3-9-27-57)64-35-29-49-17-11-13-19-52(49)45-64/h1-47,67H. The molecule has 0 aliphatic rings. The molecular weight excluding hydrogens is 849 g/mol. The minimum Gasteiger partial charge on any atom is -0.355 e. The van der Waals surface area contributed by atoms with E-state index in [0.29, 0.717) is 0 Å².